The van der Waals surface area contributed by atoms with Crippen LogP contribution >= 0.6 is 23.2 Å². The van der Waals surface area contributed by atoms with E-state index in [4.69, 9.17) is 23.2 Å². The Morgan fingerprint density at radius 2 is 1.68 bits per heavy atom. The number of nitrogens with zero attached hydrogens (tertiary/aromatic N) is 2. The first kappa shape index (κ1) is 21.2. The molecule has 1 unspecified atom stereocenters. The molecule has 1 N–H and O–H groups in total. The summed E-state index contributed by atoms with van der Waals surface area (Å²) in [5.41, 5.74) is 0.920. The van der Waals surface area contributed by atoms with Gasteiger partial charge >= 0.3 is 0 Å². The molecule has 1 amide bonds. The number of likely N-dealkylation sites (tertiary alicyclic amines) is 1. The average Bonchev–Trinajstić information content (AvgIpc) is 3.37. The van der Waals surface area contributed by atoms with Crippen LogP contribution in [0.25, 0.3) is 5.76 Å². The molecule has 1 aromatic heterocycles. The minimum absolute atomic E-state index is 0.0519. The SMILES string of the molecule is O=C1C(=O)N(CCC[n+]2cc[nH]c2)C(c2ccc(Cl)cc2)C1=C([O-])c1ccc(Cl)cc1. The second kappa shape index (κ2) is 8.96. The number of rotatable bonds is 6. The monoisotopic (exact) mass is 455 g/mol. The van der Waals surface area contributed by atoms with Crippen LogP contribution in [0.4, 0.5) is 0 Å². The van der Waals surface area contributed by atoms with Crippen molar-refractivity contribution in [3.8, 4) is 0 Å². The third-order valence-corrected chi connectivity index (χ3v) is 5.74. The van der Waals surface area contributed by atoms with Crippen LogP contribution in [-0.2, 0) is 16.1 Å². The highest BCUT2D eigenvalue weighted by Gasteiger charge is 2.43. The Labute approximate surface area is 189 Å². The molecular weight excluding hydrogens is 437 g/mol. The zero-order valence-electron chi connectivity index (χ0n) is 16.4. The number of aromatic amines is 1. The Bertz CT molecular complexity index is 1120. The fourth-order valence-electron chi connectivity index (χ4n) is 3.73. The van der Waals surface area contributed by atoms with Crippen LogP contribution in [-0.4, -0.2) is 28.1 Å². The Kier molecular flexibility index (Phi) is 6.11. The minimum Gasteiger partial charge on any atom is -0.872 e. The van der Waals surface area contributed by atoms with Crippen LogP contribution in [0.15, 0.2) is 72.8 Å². The van der Waals surface area contributed by atoms with Crippen molar-refractivity contribution in [1.82, 2.24) is 9.88 Å². The summed E-state index contributed by atoms with van der Waals surface area (Å²) in [6.45, 7) is 0.989. The van der Waals surface area contributed by atoms with E-state index in [1.807, 2.05) is 17.1 Å². The number of aromatic nitrogens is 2. The van der Waals surface area contributed by atoms with Crippen molar-refractivity contribution in [1.29, 1.82) is 0 Å². The molecule has 3 aromatic rings. The molecule has 1 atom stereocenters. The predicted molar refractivity (Wildman–Crippen MR) is 115 cm³/mol. The molecule has 1 aliphatic rings. The van der Waals surface area contributed by atoms with Gasteiger partial charge in [-0.1, -0.05) is 53.2 Å². The number of Topliss-reactive ketones (excluding diaryl/α,β-unsaturated/α-hetero) is 1. The molecule has 0 bridgehead atoms. The number of aryl methyl sites for hydroxylation is 1. The van der Waals surface area contributed by atoms with Gasteiger partial charge in [-0.25, -0.2) is 4.57 Å². The maximum absolute atomic E-state index is 13.3. The first-order valence-corrected chi connectivity index (χ1v) is 10.5. The minimum atomic E-state index is -0.769. The van der Waals surface area contributed by atoms with E-state index in [1.165, 1.54) is 4.90 Å². The molecule has 0 radical (unpaired) electrons. The number of carbonyl (C=O) groups excluding carboxylic acids is 2. The maximum Gasteiger partial charge on any atom is 0.295 e. The molecular formula is C23H19Cl2N3O3. The first-order valence-electron chi connectivity index (χ1n) is 9.75. The lowest BCUT2D eigenvalue weighted by Gasteiger charge is -2.27. The standard InChI is InChI=1S/C23H19Cl2N3O3/c24-17-6-2-15(3-7-17)20-19(21(29)16-4-8-18(25)9-5-16)22(30)23(31)28(20)12-1-11-27-13-10-26-14-27/h2-10,13-14,20H,1,11-12H2,(H,29,30). The van der Waals surface area contributed by atoms with E-state index in [0.717, 1.165) is 0 Å². The largest absolute Gasteiger partial charge is 0.872 e. The number of carbonyl (C=O) groups is 2. The highest BCUT2D eigenvalue weighted by Crippen LogP contribution is 2.39. The Morgan fingerprint density at radius 1 is 1.03 bits per heavy atom. The van der Waals surface area contributed by atoms with Gasteiger partial charge in [0.05, 0.1) is 12.6 Å². The number of benzene rings is 2. The predicted octanol–water partition coefficient (Wildman–Crippen LogP) is 2.92. The van der Waals surface area contributed by atoms with Gasteiger partial charge in [0.25, 0.3) is 5.91 Å². The summed E-state index contributed by atoms with van der Waals surface area (Å²) < 4.78 is 1.95. The number of ketones is 1. The van der Waals surface area contributed by atoms with Gasteiger partial charge in [-0.3, -0.25) is 14.6 Å². The maximum atomic E-state index is 13.3. The van der Waals surface area contributed by atoms with Crippen molar-refractivity contribution >= 4 is 40.7 Å². The van der Waals surface area contributed by atoms with Crippen LogP contribution in [0.5, 0.6) is 0 Å². The molecule has 1 saturated heterocycles. The number of halogens is 2. The van der Waals surface area contributed by atoms with Crippen molar-refractivity contribution in [3.63, 3.8) is 0 Å². The second-order valence-corrected chi connectivity index (χ2v) is 8.11. The van der Waals surface area contributed by atoms with E-state index >= 15 is 0 Å². The number of amides is 1. The normalized spacial score (nSPS) is 18.0. The quantitative estimate of drug-likeness (QED) is 0.268. The van der Waals surface area contributed by atoms with E-state index in [-0.39, 0.29) is 5.57 Å². The number of imidazole rings is 1. The van der Waals surface area contributed by atoms with Crippen LogP contribution in [0, 0.1) is 0 Å². The van der Waals surface area contributed by atoms with Gasteiger partial charge in [-0.2, -0.15) is 0 Å². The van der Waals surface area contributed by atoms with Crippen molar-refractivity contribution in [2.75, 3.05) is 6.54 Å². The molecule has 0 saturated carbocycles. The summed E-state index contributed by atoms with van der Waals surface area (Å²) in [6.07, 6.45) is 6.12. The lowest BCUT2D eigenvalue weighted by molar-refractivity contribution is -0.695. The number of nitrogens with one attached hydrogen (secondary N) is 1. The Morgan fingerprint density at radius 3 is 2.29 bits per heavy atom. The van der Waals surface area contributed by atoms with Crippen molar-refractivity contribution in [2.24, 2.45) is 0 Å². The molecule has 6 nitrogen and oxygen atoms in total. The van der Waals surface area contributed by atoms with Crippen molar-refractivity contribution in [3.05, 3.63) is 94.0 Å². The molecule has 4 rings (SSSR count). The molecule has 0 spiro atoms. The van der Waals surface area contributed by atoms with Crippen LogP contribution in [0.1, 0.15) is 23.6 Å². The van der Waals surface area contributed by atoms with Crippen molar-refractivity contribution in [2.45, 2.75) is 19.0 Å². The van der Waals surface area contributed by atoms with E-state index in [2.05, 4.69) is 4.98 Å². The Hall–Kier alpha value is -3.09. The summed E-state index contributed by atoms with van der Waals surface area (Å²) in [5, 5.41) is 14.3. The van der Waals surface area contributed by atoms with Gasteiger partial charge < -0.3 is 10.0 Å². The molecule has 8 heteroatoms. The summed E-state index contributed by atoms with van der Waals surface area (Å²) in [4.78, 5) is 30.3. The summed E-state index contributed by atoms with van der Waals surface area (Å²) in [7, 11) is 0. The molecule has 0 aliphatic carbocycles. The van der Waals surface area contributed by atoms with E-state index in [1.54, 1.807) is 54.7 Å². The van der Waals surface area contributed by atoms with E-state index < -0.39 is 23.5 Å². The van der Waals surface area contributed by atoms with Gasteiger partial charge in [0.2, 0.25) is 12.1 Å². The summed E-state index contributed by atoms with van der Waals surface area (Å²) in [6, 6.07) is 12.4. The first-order chi connectivity index (χ1) is 15.0. The summed E-state index contributed by atoms with van der Waals surface area (Å²) >= 11 is 11.9. The van der Waals surface area contributed by atoms with Crippen LogP contribution < -0.4 is 9.67 Å². The average molecular weight is 456 g/mol. The molecule has 158 valence electrons. The zero-order valence-corrected chi connectivity index (χ0v) is 17.9. The van der Waals surface area contributed by atoms with Gasteiger partial charge in [-0.15, -0.1) is 0 Å². The molecule has 31 heavy (non-hydrogen) atoms. The van der Waals surface area contributed by atoms with Gasteiger partial charge in [0.15, 0.2) is 0 Å². The van der Waals surface area contributed by atoms with Crippen LogP contribution in [0.3, 0.4) is 0 Å². The van der Waals surface area contributed by atoms with E-state index in [9.17, 15) is 14.7 Å². The fourth-order valence-corrected chi connectivity index (χ4v) is 3.98. The molecule has 2 aromatic carbocycles. The van der Waals surface area contributed by atoms with Crippen LogP contribution in [0.2, 0.25) is 10.0 Å². The highest BCUT2D eigenvalue weighted by molar-refractivity contribution is 6.46. The van der Waals surface area contributed by atoms with E-state index in [0.29, 0.717) is 40.7 Å². The Balaban J connectivity index is 1.72. The topological polar surface area (TPSA) is 80.1 Å². The number of H-pyrrole nitrogens is 1. The fraction of sp³-hybridized carbons (Fsp3) is 0.174. The lowest BCUT2D eigenvalue weighted by atomic mass is 9.95. The van der Waals surface area contributed by atoms with Gasteiger partial charge in [-0.05, 0) is 35.4 Å². The molecule has 1 aliphatic heterocycles. The summed E-state index contributed by atoms with van der Waals surface area (Å²) in [5.74, 6) is -1.91. The molecule has 2 heterocycles. The number of hydrogen-bond acceptors (Lipinski definition) is 3. The zero-order chi connectivity index (χ0) is 22.0. The number of hydrogen-bond donors (Lipinski definition) is 1. The van der Waals surface area contributed by atoms with Crippen molar-refractivity contribution < 1.29 is 19.3 Å². The third kappa shape index (κ3) is 4.36. The molecule has 1 fully saturated rings. The third-order valence-electron chi connectivity index (χ3n) is 5.24. The second-order valence-electron chi connectivity index (χ2n) is 7.23. The highest BCUT2D eigenvalue weighted by atomic mass is 35.5. The smallest absolute Gasteiger partial charge is 0.295 e. The van der Waals surface area contributed by atoms with Gasteiger partial charge in [0.1, 0.15) is 12.4 Å². The van der Waals surface area contributed by atoms with Gasteiger partial charge in [0, 0.05) is 28.6 Å². The lowest BCUT2D eigenvalue weighted by Crippen LogP contribution is -2.36.